The fourth-order valence-corrected chi connectivity index (χ4v) is 2.69. The molecule has 2 amide bonds. The van der Waals surface area contributed by atoms with Gasteiger partial charge in [0.2, 0.25) is 11.8 Å². The van der Waals surface area contributed by atoms with Crippen LogP contribution in [0.25, 0.3) is 0 Å². The van der Waals surface area contributed by atoms with Crippen molar-refractivity contribution in [2.75, 3.05) is 17.2 Å². The van der Waals surface area contributed by atoms with Crippen molar-refractivity contribution < 1.29 is 9.59 Å². The predicted molar refractivity (Wildman–Crippen MR) is 66.7 cm³/mol. The highest BCUT2D eigenvalue weighted by Gasteiger charge is 2.28. The van der Waals surface area contributed by atoms with Crippen LogP contribution in [0.15, 0.2) is 29.2 Å². The largest absolute Gasteiger partial charge is 0.368 e. The number of carbonyl (C=O) groups excluding carboxylic acids is 2. The Kier molecular flexibility index (Phi) is 3.35. The lowest BCUT2D eigenvalue weighted by Crippen LogP contribution is -2.47. The van der Waals surface area contributed by atoms with Gasteiger partial charge < -0.3 is 16.4 Å². The molecule has 1 aliphatic rings. The number of nitrogens with zero attached hydrogens (tertiary/aromatic N) is 1. The van der Waals surface area contributed by atoms with Crippen molar-refractivity contribution in [3.8, 4) is 0 Å². The van der Waals surface area contributed by atoms with E-state index in [0.29, 0.717) is 11.4 Å². The van der Waals surface area contributed by atoms with Crippen molar-refractivity contribution in [1.29, 1.82) is 0 Å². The number of para-hydroxylation sites is 1. The molecule has 0 radical (unpaired) electrons. The molecule has 1 aliphatic heterocycles. The van der Waals surface area contributed by atoms with Crippen LogP contribution in [0.5, 0.6) is 0 Å². The lowest BCUT2D eigenvalue weighted by atomic mass is 10.2. The zero-order valence-electron chi connectivity index (χ0n) is 9.13. The molecule has 1 heterocycles. The van der Waals surface area contributed by atoms with E-state index >= 15 is 0 Å². The van der Waals surface area contributed by atoms with Gasteiger partial charge in [-0.25, -0.2) is 0 Å². The number of carbonyl (C=O) groups is 2. The maximum absolute atomic E-state index is 12.0. The Balaban J connectivity index is 2.43. The van der Waals surface area contributed by atoms with Gasteiger partial charge in [0.05, 0.1) is 11.7 Å². The Morgan fingerprint density at radius 1 is 1.47 bits per heavy atom. The average Bonchev–Trinajstić information content (AvgIpc) is 2.42. The number of hydrogen-bond donors (Lipinski definition) is 2. The molecule has 0 aliphatic carbocycles. The monoisotopic (exact) mass is 251 g/mol. The first-order valence-electron chi connectivity index (χ1n) is 5.16. The molecule has 90 valence electrons. The normalized spacial score (nSPS) is 19.7. The minimum Gasteiger partial charge on any atom is -0.368 e. The van der Waals surface area contributed by atoms with Crippen molar-refractivity contribution >= 4 is 29.3 Å². The molecule has 0 fully saturated rings. The van der Waals surface area contributed by atoms with Gasteiger partial charge in [-0.15, -0.1) is 11.8 Å². The number of fused-ring (bicyclic) bond motifs is 1. The molecule has 2 rings (SSSR count). The second-order valence-corrected chi connectivity index (χ2v) is 4.84. The number of primary amides is 1. The maximum atomic E-state index is 12.0. The van der Waals surface area contributed by atoms with Crippen LogP contribution >= 0.6 is 11.8 Å². The summed E-state index contributed by atoms with van der Waals surface area (Å²) in [5, 5.41) is 0. The minimum atomic E-state index is -0.605. The van der Waals surface area contributed by atoms with E-state index in [2.05, 4.69) is 0 Å². The second-order valence-electron chi connectivity index (χ2n) is 3.78. The summed E-state index contributed by atoms with van der Waals surface area (Å²) in [6, 6.07) is 6.79. The molecular formula is C11H13N3O2S. The van der Waals surface area contributed by atoms with Gasteiger partial charge in [-0.05, 0) is 12.1 Å². The average molecular weight is 251 g/mol. The van der Waals surface area contributed by atoms with Crippen molar-refractivity contribution in [3.05, 3.63) is 24.3 Å². The minimum absolute atomic E-state index is 0.135. The van der Waals surface area contributed by atoms with E-state index in [1.165, 1.54) is 16.7 Å². The zero-order chi connectivity index (χ0) is 12.4. The van der Waals surface area contributed by atoms with Crippen LogP contribution in [0.2, 0.25) is 0 Å². The van der Waals surface area contributed by atoms with E-state index in [1.54, 1.807) is 6.07 Å². The van der Waals surface area contributed by atoms with Gasteiger partial charge in [0.1, 0.15) is 6.54 Å². The third-order valence-electron chi connectivity index (χ3n) is 2.47. The number of hydrogen-bond acceptors (Lipinski definition) is 4. The molecule has 4 N–H and O–H groups in total. The van der Waals surface area contributed by atoms with Crippen molar-refractivity contribution in [2.45, 2.75) is 10.9 Å². The number of thioether (sulfide) groups is 1. The SMILES string of the molecule is NC(=O)CN1C(=O)[C@@H](N)CSc2ccccc21. The van der Waals surface area contributed by atoms with E-state index in [0.717, 1.165) is 4.90 Å². The van der Waals surface area contributed by atoms with Gasteiger partial charge >= 0.3 is 0 Å². The van der Waals surface area contributed by atoms with Crippen LogP contribution in [-0.2, 0) is 9.59 Å². The molecule has 0 bridgehead atoms. The summed E-state index contributed by atoms with van der Waals surface area (Å²) < 4.78 is 0. The molecule has 1 aromatic rings. The first kappa shape index (κ1) is 11.9. The predicted octanol–water partition coefficient (Wildman–Crippen LogP) is -0.0621. The van der Waals surface area contributed by atoms with E-state index < -0.39 is 11.9 Å². The number of rotatable bonds is 2. The second kappa shape index (κ2) is 4.77. The summed E-state index contributed by atoms with van der Waals surface area (Å²) in [4.78, 5) is 25.3. The lowest BCUT2D eigenvalue weighted by molar-refractivity contribution is -0.122. The van der Waals surface area contributed by atoms with Crippen LogP contribution in [0.4, 0.5) is 5.69 Å². The third-order valence-corrected chi connectivity index (χ3v) is 3.65. The summed E-state index contributed by atoms with van der Waals surface area (Å²) in [5.41, 5.74) is 11.6. The smallest absolute Gasteiger partial charge is 0.245 e. The molecule has 6 heteroatoms. The van der Waals surface area contributed by atoms with Gasteiger partial charge in [-0.3, -0.25) is 9.59 Å². The Hall–Kier alpha value is -1.53. The standard InChI is InChI=1S/C11H13N3O2S/c12-7-6-17-9-4-2-1-3-8(9)14(11(7)16)5-10(13)15/h1-4,7H,5-6,12H2,(H2,13,15)/t7-/m0/s1. The van der Waals surface area contributed by atoms with Crippen LogP contribution in [0, 0.1) is 0 Å². The molecule has 5 nitrogen and oxygen atoms in total. The Morgan fingerprint density at radius 2 is 2.18 bits per heavy atom. The first-order valence-corrected chi connectivity index (χ1v) is 6.15. The molecule has 0 spiro atoms. The summed E-state index contributed by atoms with van der Waals surface area (Å²) >= 11 is 1.51. The number of nitrogens with two attached hydrogens (primary N) is 2. The molecule has 0 aromatic heterocycles. The quantitative estimate of drug-likeness (QED) is 0.770. The van der Waals surface area contributed by atoms with E-state index in [-0.39, 0.29) is 12.5 Å². The topological polar surface area (TPSA) is 89.4 Å². The van der Waals surface area contributed by atoms with Gasteiger partial charge in [0, 0.05) is 10.6 Å². The highest BCUT2D eigenvalue weighted by atomic mass is 32.2. The fraction of sp³-hybridized carbons (Fsp3) is 0.273. The summed E-state index contributed by atoms with van der Waals surface area (Å²) in [5.74, 6) is -0.307. The van der Waals surface area contributed by atoms with Gasteiger partial charge in [0.15, 0.2) is 0 Å². The Labute approximate surface area is 103 Å². The van der Waals surface area contributed by atoms with Gasteiger partial charge in [0.25, 0.3) is 0 Å². The number of amides is 2. The summed E-state index contributed by atoms with van der Waals surface area (Å²) in [6.07, 6.45) is 0. The Morgan fingerprint density at radius 3 is 2.88 bits per heavy atom. The summed E-state index contributed by atoms with van der Waals surface area (Å²) in [7, 11) is 0. The molecule has 1 atom stereocenters. The van der Waals surface area contributed by atoms with Crippen molar-refractivity contribution in [3.63, 3.8) is 0 Å². The lowest BCUT2D eigenvalue weighted by Gasteiger charge is -2.22. The third kappa shape index (κ3) is 2.42. The molecular weight excluding hydrogens is 238 g/mol. The first-order chi connectivity index (χ1) is 8.09. The highest BCUT2D eigenvalue weighted by Crippen LogP contribution is 2.33. The van der Waals surface area contributed by atoms with E-state index in [4.69, 9.17) is 11.5 Å². The number of benzene rings is 1. The van der Waals surface area contributed by atoms with Gasteiger partial charge in [-0.1, -0.05) is 12.1 Å². The molecule has 17 heavy (non-hydrogen) atoms. The van der Waals surface area contributed by atoms with Crippen LogP contribution in [0.1, 0.15) is 0 Å². The van der Waals surface area contributed by atoms with Crippen molar-refractivity contribution in [1.82, 2.24) is 0 Å². The Bertz CT molecular complexity index is 464. The van der Waals surface area contributed by atoms with Crippen molar-refractivity contribution in [2.24, 2.45) is 11.5 Å². The van der Waals surface area contributed by atoms with Gasteiger partial charge in [-0.2, -0.15) is 0 Å². The van der Waals surface area contributed by atoms with Crippen LogP contribution in [-0.4, -0.2) is 30.2 Å². The maximum Gasteiger partial charge on any atom is 0.245 e. The van der Waals surface area contributed by atoms with Crippen LogP contribution in [0.3, 0.4) is 0 Å². The van der Waals surface area contributed by atoms with E-state index in [9.17, 15) is 9.59 Å². The summed E-state index contributed by atoms with van der Waals surface area (Å²) in [6.45, 7) is -0.135. The molecule has 0 saturated carbocycles. The molecule has 0 saturated heterocycles. The zero-order valence-corrected chi connectivity index (χ0v) is 9.94. The molecule has 1 aromatic carbocycles. The highest BCUT2D eigenvalue weighted by molar-refractivity contribution is 7.99. The van der Waals surface area contributed by atoms with E-state index in [1.807, 2.05) is 18.2 Å². The van der Waals surface area contributed by atoms with Crippen LogP contribution < -0.4 is 16.4 Å². The number of anilines is 1. The molecule has 0 unspecified atom stereocenters. The fourth-order valence-electron chi connectivity index (χ4n) is 1.69.